The summed E-state index contributed by atoms with van der Waals surface area (Å²) in [6.45, 7) is 0.226. The van der Waals surface area contributed by atoms with Crippen LogP contribution < -0.4 is 16.3 Å². The third kappa shape index (κ3) is 4.29. The number of aromatic nitrogens is 1. The van der Waals surface area contributed by atoms with Gasteiger partial charge >= 0.3 is 6.03 Å². The highest BCUT2D eigenvalue weighted by atomic mass is 35.5. The number of amides is 2. The molecule has 0 saturated heterocycles. The molecule has 0 radical (unpaired) electrons. The molecule has 1 aliphatic heterocycles. The van der Waals surface area contributed by atoms with Gasteiger partial charge in [0.1, 0.15) is 5.54 Å². The van der Waals surface area contributed by atoms with Crippen molar-refractivity contribution in [2.75, 3.05) is 6.54 Å². The SMILES string of the molecule is NC(=O)N(O)CCCCCCC1(c2cccnc2)N=c2ccc(Cl)cc2=C1Cl. The zero-order valence-corrected chi connectivity index (χ0v) is 16.8. The second kappa shape index (κ2) is 8.90. The fourth-order valence-corrected chi connectivity index (χ4v) is 4.04. The predicted octanol–water partition coefficient (Wildman–Crippen LogP) is 3.33. The van der Waals surface area contributed by atoms with Gasteiger partial charge in [0, 0.05) is 28.2 Å². The average Bonchev–Trinajstić information content (AvgIpc) is 2.97. The molecule has 0 fully saturated rings. The van der Waals surface area contributed by atoms with E-state index in [1.54, 1.807) is 12.4 Å². The number of rotatable bonds is 8. The molecule has 0 aliphatic carbocycles. The number of nitrogens with zero attached hydrogens (tertiary/aromatic N) is 3. The van der Waals surface area contributed by atoms with Gasteiger partial charge in [0.05, 0.1) is 16.9 Å². The third-order valence-electron chi connectivity index (χ3n) is 4.92. The second-order valence-electron chi connectivity index (χ2n) is 6.81. The summed E-state index contributed by atoms with van der Waals surface area (Å²) in [6.07, 6.45) is 7.55. The molecule has 28 heavy (non-hydrogen) atoms. The topological polar surface area (TPSA) is 91.8 Å². The van der Waals surface area contributed by atoms with Crippen LogP contribution in [-0.2, 0) is 5.54 Å². The molecule has 1 unspecified atom stereocenters. The Balaban J connectivity index is 1.75. The number of fused-ring (bicyclic) bond motifs is 1. The van der Waals surface area contributed by atoms with Gasteiger partial charge in [-0.15, -0.1) is 0 Å². The van der Waals surface area contributed by atoms with Crippen LogP contribution in [0.25, 0.3) is 5.03 Å². The van der Waals surface area contributed by atoms with E-state index in [1.807, 2.05) is 30.3 Å². The molecule has 6 nitrogen and oxygen atoms in total. The van der Waals surface area contributed by atoms with E-state index < -0.39 is 11.6 Å². The number of nitrogens with two attached hydrogens (primary N) is 1. The van der Waals surface area contributed by atoms with Crippen molar-refractivity contribution < 1.29 is 10.0 Å². The molecular formula is C20H22Cl2N4O2. The van der Waals surface area contributed by atoms with Crippen LogP contribution in [0.2, 0.25) is 5.02 Å². The van der Waals surface area contributed by atoms with Crippen molar-refractivity contribution >= 4 is 34.3 Å². The Kier molecular flexibility index (Phi) is 6.54. The van der Waals surface area contributed by atoms with Crippen molar-refractivity contribution in [3.63, 3.8) is 0 Å². The Morgan fingerprint density at radius 3 is 2.68 bits per heavy atom. The number of hydrogen-bond acceptors (Lipinski definition) is 4. The average molecular weight is 421 g/mol. The number of primary amides is 1. The summed E-state index contributed by atoms with van der Waals surface area (Å²) < 4.78 is 0. The van der Waals surface area contributed by atoms with E-state index >= 15 is 0 Å². The summed E-state index contributed by atoms with van der Waals surface area (Å²) >= 11 is 13.0. The van der Waals surface area contributed by atoms with Gasteiger partial charge in [0.2, 0.25) is 0 Å². The Morgan fingerprint density at radius 1 is 1.18 bits per heavy atom. The van der Waals surface area contributed by atoms with Gasteiger partial charge in [-0.05, 0) is 37.1 Å². The first-order valence-corrected chi connectivity index (χ1v) is 9.92. The van der Waals surface area contributed by atoms with Gasteiger partial charge in [0.25, 0.3) is 0 Å². The first-order chi connectivity index (χ1) is 13.4. The highest BCUT2D eigenvalue weighted by Gasteiger charge is 2.38. The van der Waals surface area contributed by atoms with E-state index in [-0.39, 0.29) is 6.54 Å². The van der Waals surface area contributed by atoms with E-state index in [0.717, 1.165) is 41.8 Å². The Morgan fingerprint density at radius 2 is 1.96 bits per heavy atom. The molecule has 148 valence electrons. The molecule has 0 saturated carbocycles. The standard InChI is InChI=1S/C20H22Cl2N4O2/c21-15-7-8-17-16(12-15)18(22)20(25-17,14-6-5-10-24-13-14)9-3-1-2-4-11-26(28)19(23)27/h5-8,10,12-13,28H,1-4,9,11H2,(H2,23,27). The Bertz CT molecular complexity index is 968. The first kappa shape index (κ1) is 20.6. The molecule has 3 N–H and O–H groups in total. The third-order valence-corrected chi connectivity index (χ3v) is 5.67. The van der Waals surface area contributed by atoms with Crippen molar-refractivity contribution in [2.24, 2.45) is 10.7 Å². The van der Waals surface area contributed by atoms with Gasteiger partial charge in [0.15, 0.2) is 0 Å². The predicted molar refractivity (Wildman–Crippen MR) is 109 cm³/mol. The summed E-state index contributed by atoms with van der Waals surface area (Å²) in [5.74, 6) is 0. The highest BCUT2D eigenvalue weighted by molar-refractivity contribution is 6.47. The van der Waals surface area contributed by atoms with Crippen LogP contribution >= 0.6 is 23.2 Å². The van der Waals surface area contributed by atoms with Crippen LogP contribution in [-0.4, -0.2) is 27.8 Å². The molecule has 3 rings (SSSR count). The molecule has 0 bridgehead atoms. The zero-order valence-electron chi connectivity index (χ0n) is 15.3. The van der Waals surface area contributed by atoms with Crippen molar-refractivity contribution in [3.8, 4) is 0 Å². The summed E-state index contributed by atoms with van der Waals surface area (Å²) in [5.41, 5.74) is 5.28. The summed E-state index contributed by atoms with van der Waals surface area (Å²) in [5, 5.41) is 12.8. The molecule has 2 aromatic rings. The zero-order chi connectivity index (χ0) is 20.1. The van der Waals surface area contributed by atoms with Crippen LogP contribution in [0, 0.1) is 0 Å². The molecule has 2 heterocycles. The van der Waals surface area contributed by atoms with Gasteiger partial charge in [-0.25, -0.2) is 9.86 Å². The number of hydroxylamine groups is 2. The number of carbonyl (C=O) groups is 1. The molecule has 2 amide bonds. The lowest BCUT2D eigenvalue weighted by molar-refractivity contribution is -0.0403. The lowest BCUT2D eigenvalue weighted by atomic mass is 9.86. The van der Waals surface area contributed by atoms with Gasteiger partial charge in [-0.3, -0.25) is 15.2 Å². The maximum Gasteiger partial charge on any atom is 0.338 e. The Labute approximate surface area is 173 Å². The van der Waals surface area contributed by atoms with E-state index in [1.165, 1.54) is 0 Å². The smallest absolute Gasteiger partial charge is 0.338 e. The molecule has 1 atom stereocenters. The highest BCUT2D eigenvalue weighted by Crippen LogP contribution is 2.42. The van der Waals surface area contributed by atoms with Crippen LogP contribution in [0.15, 0.2) is 47.7 Å². The van der Waals surface area contributed by atoms with Gasteiger partial charge in [-0.1, -0.05) is 48.5 Å². The molecular weight excluding hydrogens is 399 g/mol. The fraction of sp³-hybridized carbons (Fsp3) is 0.350. The summed E-state index contributed by atoms with van der Waals surface area (Å²) in [4.78, 5) is 20.0. The van der Waals surface area contributed by atoms with Crippen molar-refractivity contribution in [1.29, 1.82) is 0 Å². The number of carbonyl (C=O) groups excluding carboxylic acids is 1. The maximum atomic E-state index is 10.8. The second-order valence-corrected chi connectivity index (χ2v) is 7.63. The number of unbranched alkanes of at least 4 members (excludes halogenated alkanes) is 3. The van der Waals surface area contributed by atoms with Crippen LogP contribution in [0.1, 0.15) is 37.7 Å². The minimum atomic E-state index is -0.835. The van der Waals surface area contributed by atoms with Crippen LogP contribution in [0.4, 0.5) is 4.79 Å². The maximum absolute atomic E-state index is 10.8. The minimum Gasteiger partial charge on any atom is -0.350 e. The van der Waals surface area contributed by atoms with Crippen molar-refractivity contribution in [1.82, 2.24) is 10.0 Å². The van der Waals surface area contributed by atoms with E-state index in [9.17, 15) is 10.0 Å². The van der Waals surface area contributed by atoms with E-state index in [4.69, 9.17) is 33.9 Å². The minimum absolute atomic E-state index is 0.226. The van der Waals surface area contributed by atoms with Crippen molar-refractivity contribution in [2.45, 2.75) is 37.6 Å². The number of halogens is 2. The largest absolute Gasteiger partial charge is 0.350 e. The quantitative estimate of drug-likeness (QED) is 0.389. The van der Waals surface area contributed by atoms with Gasteiger partial charge < -0.3 is 5.73 Å². The molecule has 1 aromatic carbocycles. The fourth-order valence-electron chi connectivity index (χ4n) is 3.47. The molecule has 1 aromatic heterocycles. The number of hydrogen-bond donors (Lipinski definition) is 2. The number of benzene rings is 1. The molecule has 8 heteroatoms. The first-order valence-electron chi connectivity index (χ1n) is 9.16. The van der Waals surface area contributed by atoms with Crippen LogP contribution in [0.3, 0.4) is 0 Å². The van der Waals surface area contributed by atoms with Crippen molar-refractivity contribution in [3.05, 3.63) is 63.9 Å². The summed E-state index contributed by atoms with van der Waals surface area (Å²) in [6, 6.07) is 8.58. The van der Waals surface area contributed by atoms with Gasteiger partial charge in [-0.2, -0.15) is 0 Å². The number of urea groups is 1. The van der Waals surface area contributed by atoms with E-state index in [0.29, 0.717) is 21.5 Å². The summed E-state index contributed by atoms with van der Waals surface area (Å²) in [7, 11) is 0. The monoisotopic (exact) mass is 420 g/mol. The molecule has 0 spiro atoms. The van der Waals surface area contributed by atoms with Crippen LogP contribution in [0.5, 0.6) is 0 Å². The lowest BCUT2D eigenvalue weighted by Crippen LogP contribution is -2.33. The Hall–Kier alpha value is -2.15. The molecule has 1 aliphatic rings. The number of pyridine rings is 1. The normalized spacial score (nSPS) is 17.9. The lowest BCUT2D eigenvalue weighted by Gasteiger charge is -2.27. The van der Waals surface area contributed by atoms with E-state index in [2.05, 4.69) is 4.98 Å².